The van der Waals surface area contributed by atoms with Gasteiger partial charge >= 0.3 is 0 Å². The molecule has 20 heavy (non-hydrogen) atoms. The van der Waals surface area contributed by atoms with Gasteiger partial charge in [-0.15, -0.1) is 0 Å². The van der Waals surface area contributed by atoms with E-state index in [1.165, 1.54) is 0 Å². The molecular formula is C15H22N2O3. The minimum Gasteiger partial charge on any atom is -0.394 e. The lowest BCUT2D eigenvalue weighted by molar-refractivity contribution is 0.0652. The molecule has 0 atom stereocenters. The van der Waals surface area contributed by atoms with E-state index in [1.807, 2.05) is 19.1 Å². The summed E-state index contributed by atoms with van der Waals surface area (Å²) in [6, 6.07) is 5.60. The number of nitrogens with one attached hydrogen (secondary N) is 2. The van der Waals surface area contributed by atoms with Crippen molar-refractivity contribution in [1.82, 2.24) is 5.32 Å². The maximum absolute atomic E-state index is 12.4. The lowest BCUT2D eigenvalue weighted by atomic mass is 9.94. The van der Waals surface area contributed by atoms with Crippen molar-refractivity contribution >= 4 is 11.6 Å². The first-order chi connectivity index (χ1) is 9.65. The Morgan fingerprint density at radius 1 is 1.40 bits per heavy atom. The molecule has 0 saturated carbocycles. The molecule has 1 aliphatic heterocycles. The molecule has 0 bridgehead atoms. The number of hydrogen-bond donors (Lipinski definition) is 4. The van der Waals surface area contributed by atoms with Crippen LogP contribution in [-0.4, -0.2) is 41.4 Å². The highest BCUT2D eigenvalue weighted by Crippen LogP contribution is 2.25. The third kappa shape index (κ3) is 2.78. The fourth-order valence-electron chi connectivity index (χ4n) is 2.47. The Morgan fingerprint density at radius 3 is 2.80 bits per heavy atom. The normalized spacial score (nSPS) is 14.3. The molecule has 1 aromatic carbocycles. The number of anilines is 1. The van der Waals surface area contributed by atoms with Gasteiger partial charge in [0.25, 0.3) is 5.91 Å². The van der Waals surface area contributed by atoms with Gasteiger partial charge in [-0.25, -0.2) is 0 Å². The Morgan fingerprint density at radius 2 is 2.15 bits per heavy atom. The zero-order chi connectivity index (χ0) is 14.6. The Kier molecular flexibility index (Phi) is 4.62. The molecule has 0 aromatic heterocycles. The van der Waals surface area contributed by atoms with Gasteiger partial charge < -0.3 is 20.8 Å². The molecule has 1 amide bonds. The fraction of sp³-hybridized carbons (Fsp3) is 0.533. The van der Waals surface area contributed by atoms with Crippen molar-refractivity contribution < 1.29 is 15.0 Å². The highest BCUT2D eigenvalue weighted by molar-refractivity contribution is 5.97. The summed E-state index contributed by atoms with van der Waals surface area (Å²) >= 11 is 0. The van der Waals surface area contributed by atoms with Crippen LogP contribution in [0.5, 0.6) is 0 Å². The number of amides is 1. The van der Waals surface area contributed by atoms with Crippen LogP contribution in [-0.2, 0) is 6.42 Å². The standard InChI is InChI=1S/C15H22N2O3/c1-2-15(9-18,10-19)17-14(20)12-5-3-7-13-11(12)6-4-8-16-13/h3,5,7,16,18-19H,2,4,6,8-10H2,1H3,(H,17,20). The predicted octanol–water partition coefficient (Wildman–Crippen LogP) is 0.908. The van der Waals surface area contributed by atoms with Crippen molar-refractivity contribution in [3.63, 3.8) is 0 Å². The van der Waals surface area contributed by atoms with E-state index in [9.17, 15) is 15.0 Å². The van der Waals surface area contributed by atoms with Crippen LogP contribution in [0.15, 0.2) is 18.2 Å². The average Bonchev–Trinajstić information content (AvgIpc) is 2.52. The third-order valence-corrected chi connectivity index (χ3v) is 4.00. The van der Waals surface area contributed by atoms with E-state index in [2.05, 4.69) is 10.6 Å². The number of carbonyl (C=O) groups excluding carboxylic acids is 1. The number of hydrogen-bond acceptors (Lipinski definition) is 4. The van der Waals surface area contributed by atoms with Gasteiger partial charge in [-0.05, 0) is 37.0 Å². The SMILES string of the molecule is CCC(CO)(CO)NC(=O)c1cccc2c1CCCN2. The van der Waals surface area contributed by atoms with E-state index in [4.69, 9.17) is 0 Å². The van der Waals surface area contributed by atoms with Crippen molar-refractivity contribution in [2.24, 2.45) is 0 Å². The molecule has 4 N–H and O–H groups in total. The number of fused-ring (bicyclic) bond motifs is 1. The largest absolute Gasteiger partial charge is 0.394 e. The average molecular weight is 278 g/mol. The van der Waals surface area contributed by atoms with Crippen LogP contribution in [0.1, 0.15) is 35.7 Å². The molecule has 1 heterocycles. The van der Waals surface area contributed by atoms with Crippen molar-refractivity contribution in [2.45, 2.75) is 31.7 Å². The van der Waals surface area contributed by atoms with Crippen LogP contribution in [0.25, 0.3) is 0 Å². The summed E-state index contributed by atoms with van der Waals surface area (Å²) in [6.07, 6.45) is 2.33. The van der Waals surface area contributed by atoms with Gasteiger partial charge in [-0.2, -0.15) is 0 Å². The van der Waals surface area contributed by atoms with Crippen molar-refractivity contribution in [2.75, 3.05) is 25.1 Å². The van der Waals surface area contributed by atoms with E-state index in [0.29, 0.717) is 12.0 Å². The maximum atomic E-state index is 12.4. The molecule has 0 unspecified atom stereocenters. The predicted molar refractivity (Wildman–Crippen MR) is 77.9 cm³/mol. The van der Waals surface area contributed by atoms with Gasteiger partial charge in [0.05, 0.1) is 18.8 Å². The van der Waals surface area contributed by atoms with Gasteiger partial charge in [0, 0.05) is 17.8 Å². The van der Waals surface area contributed by atoms with Crippen LogP contribution in [0.4, 0.5) is 5.69 Å². The van der Waals surface area contributed by atoms with Crippen LogP contribution >= 0.6 is 0 Å². The van der Waals surface area contributed by atoms with Crippen molar-refractivity contribution in [1.29, 1.82) is 0 Å². The molecule has 1 aliphatic rings. The molecule has 0 aliphatic carbocycles. The molecule has 0 fully saturated rings. The first-order valence-electron chi connectivity index (χ1n) is 7.06. The van der Waals surface area contributed by atoms with E-state index in [0.717, 1.165) is 30.6 Å². The van der Waals surface area contributed by atoms with Gasteiger partial charge in [0.1, 0.15) is 0 Å². The molecule has 0 radical (unpaired) electrons. The number of aliphatic hydroxyl groups is 2. The van der Waals surface area contributed by atoms with Crippen LogP contribution in [0.2, 0.25) is 0 Å². The van der Waals surface area contributed by atoms with Crippen LogP contribution in [0.3, 0.4) is 0 Å². The molecule has 2 rings (SSSR count). The van der Waals surface area contributed by atoms with Gasteiger partial charge in [0.15, 0.2) is 0 Å². The van der Waals surface area contributed by atoms with Crippen molar-refractivity contribution in [3.8, 4) is 0 Å². The number of aliphatic hydroxyl groups excluding tert-OH is 2. The van der Waals surface area contributed by atoms with Crippen LogP contribution in [0, 0.1) is 0 Å². The van der Waals surface area contributed by atoms with Gasteiger partial charge in [0.2, 0.25) is 0 Å². The molecule has 0 saturated heterocycles. The van der Waals surface area contributed by atoms with E-state index >= 15 is 0 Å². The highest BCUT2D eigenvalue weighted by atomic mass is 16.3. The molecule has 0 spiro atoms. The summed E-state index contributed by atoms with van der Waals surface area (Å²) in [5.74, 6) is -0.240. The topological polar surface area (TPSA) is 81.6 Å². The van der Waals surface area contributed by atoms with E-state index < -0.39 is 5.54 Å². The molecule has 110 valence electrons. The quantitative estimate of drug-likeness (QED) is 0.645. The van der Waals surface area contributed by atoms with Crippen LogP contribution < -0.4 is 10.6 Å². The third-order valence-electron chi connectivity index (χ3n) is 4.00. The second kappa shape index (κ2) is 6.24. The lowest BCUT2D eigenvalue weighted by Gasteiger charge is -2.30. The Hall–Kier alpha value is -1.59. The van der Waals surface area contributed by atoms with E-state index in [1.54, 1.807) is 6.07 Å². The Balaban J connectivity index is 2.25. The molecular weight excluding hydrogens is 256 g/mol. The van der Waals surface area contributed by atoms with Gasteiger partial charge in [-0.3, -0.25) is 4.79 Å². The fourth-order valence-corrected chi connectivity index (χ4v) is 2.47. The Labute approximate surface area is 119 Å². The first kappa shape index (κ1) is 14.8. The minimum atomic E-state index is -0.956. The summed E-state index contributed by atoms with van der Waals surface area (Å²) in [5.41, 5.74) is 1.67. The molecule has 5 heteroatoms. The lowest BCUT2D eigenvalue weighted by Crippen LogP contribution is -2.54. The first-order valence-corrected chi connectivity index (χ1v) is 7.06. The maximum Gasteiger partial charge on any atom is 0.252 e. The second-order valence-electron chi connectivity index (χ2n) is 5.27. The number of benzene rings is 1. The molecule has 1 aromatic rings. The highest BCUT2D eigenvalue weighted by Gasteiger charge is 2.30. The van der Waals surface area contributed by atoms with Gasteiger partial charge in [-0.1, -0.05) is 13.0 Å². The number of carbonyl (C=O) groups is 1. The number of rotatable bonds is 5. The summed E-state index contributed by atoms with van der Waals surface area (Å²) in [4.78, 5) is 12.4. The second-order valence-corrected chi connectivity index (χ2v) is 5.27. The zero-order valence-electron chi connectivity index (χ0n) is 11.8. The monoisotopic (exact) mass is 278 g/mol. The Bertz CT molecular complexity index is 476. The van der Waals surface area contributed by atoms with Crippen molar-refractivity contribution in [3.05, 3.63) is 29.3 Å². The summed E-state index contributed by atoms with van der Waals surface area (Å²) in [7, 11) is 0. The zero-order valence-corrected chi connectivity index (χ0v) is 11.8. The van der Waals surface area contributed by atoms with E-state index in [-0.39, 0.29) is 19.1 Å². The summed E-state index contributed by atoms with van der Waals surface area (Å²) < 4.78 is 0. The summed E-state index contributed by atoms with van der Waals surface area (Å²) in [5, 5.41) is 24.9. The molecule has 5 nitrogen and oxygen atoms in total. The smallest absolute Gasteiger partial charge is 0.252 e. The summed E-state index contributed by atoms with van der Waals surface area (Å²) in [6.45, 7) is 2.19. The minimum absolute atomic E-state index is 0.240.